The van der Waals surface area contributed by atoms with Crippen molar-refractivity contribution in [3.8, 4) is 0 Å². The summed E-state index contributed by atoms with van der Waals surface area (Å²) in [6, 6.07) is 10.8. The number of pyridine rings is 1. The molecule has 1 aromatic heterocycles. The molecule has 0 bridgehead atoms. The van der Waals surface area contributed by atoms with E-state index in [2.05, 4.69) is 38.2 Å². The number of nitrogens with one attached hydrogen (secondary N) is 2. The Morgan fingerprint density at radius 2 is 1.95 bits per heavy atom. The number of carbonyl (C=O) groups is 1. The average molecular weight is 402 g/mol. The second-order valence-electron chi connectivity index (χ2n) is 4.22. The predicted octanol–water partition coefficient (Wildman–Crippen LogP) is 3.78. The van der Waals surface area contributed by atoms with Gasteiger partial charge in [-0.25, -0.2) is 4.98 Å². The van der Waals surface area contributed by atoms with Crippen molar-refractivity contribution >= 4 is 51.6 Å². The summed E-state index contributed by atoms with van der Waals surface area (Å²) >= 11 is 7.98. The van der Waals surface area contributed by atoms with Crippen molar-refractivity contribution in [1.29, 1.82) is 0 Å². The molecule has 1 amide bonds. The number of hydrogen-bond donors (Lipinski definition) is 2. The molecule has 1 heterocycles. The van der Waals surface area contributed by atoms with Gasteiger partial charge in [0.25, 0.3) is 0 Å². The fourth-order valence-corrected chi connectivity index (χ4v) is 2.02. The number of anilines is 2. The van der Waals surface area contributed by atoms with Gasteiger partial charge in [0.05, 0.1) is 5.02 Å². The normalized spacial score (nSPS) is 11.8. The molecule has 0 aliphatic rings. The second kappa shape index (κ2) is 6.90. The molecule has 104 valence electrons. The molecule has 0 unspecified atom stereocenters. The van der Waals surface area contributed by atoms with E-state index in [0.29, 0.717) is 10.8 Å². The average Bonchev–Trinajstić information content (AvgIpc) is 2.44. The van der Waals surface area contributed by atoms with Crippen LogP contribution in [0.4, 0.5) is 11.5 Å². The highest BCUT2D eigenvalue weighted by Gasteiger charge is 2.13. The van der Waals surface area contributed by atoms with Gasteiger partial charge in [-0.2, -0.15) is 0 Å². The van der Waals surface area contributed by atoms with Crippen LogP contribution in [0.3, 0.4) is 0 Å². The van der Waals surface area contributed by atoms with Gasteiger partial charge >= 0.3 is 0 Å². The van der Waals surface area contributed by atoms with E-state index in [1.165, 1.54) is 6.20 Å². The lowest BCUT2D eigenvalue weighted by Gasteiger charge is -2.15. The Labute approximate surface area is 136 Å². The van der Waals surface area contributed by atoms with Gasteiger partial charge < -0.3 is 10.6 Å². The van der Waals surface area contributed by atoms with Crippen LogP contribution in [0.1, 0.15) is 6.92 Å². The fourth-order valence-electron chi connectivity index (χ4n) is 1.55. The van der Waals surface area contributed by atoms with Crippen LogP contribution >= 0.6 is 34.2 Å². The molecular weight excluding hydrogens is 389 g/mol. The lowest BCUT2D eigenvalue weighted by Crippen LogP contribution is -2.32. The van der Waals surface area contributed by atoms with E-state index >= 15 is 0 Å². The van der Waals surface area contributed by atoms with Crippen LogP contribution in [0.5, 0.6) is 0 Å². The van der Waals surface area contributed by atoms with Crippen molar-refractivity contribution in [3.05, 3.63) is 51.2 Å². The van der Waals surface area contributed by atoms with E-state index in [-0.39, 0.29) is 11.9 Å². The summed E-state index contributed by atoms with van der Waals surface area (Å²) in [5.41, 5.74) is 0.900. The Balaban J connectivity index is 1.94. The van der Waals surface area contributed by atoms with Crippen LogP contribution in [0.25, 0.3) is 0 Å². The topological polar surface area (TPSA) is 54.0 Å². The number of halogens is 2. The van der Waals surface area contributed by atoms with Crippen LogP contribution < -0.4 is 10.6 Å². The summed E-state index contributed by atoms with van der Waals surface area (Å²) in [6.07, 6.45) is 1.49. The summed E-state index contributed by atoms with van der Waals surface area (Å²) in [7, 11) is 0. The van der Waals surface area contributed by atoms with Crippen LogP contribution in [0.2, 0.25) is 5.02 Å². The number of nitrogens with zero attached hydrogens (tertiary/aromatic N) is 1. The van der Waals surface area contributed by atoms with Crippen LogP contribution in [-0.2, 0) is 4.79 Å². The van der Waals surface area contributed by atoms with Crippen molar-refractivity contribution < 1.29 is 4.79 Å². The highest BCUT2D eigenvalue weighted by atomic mass is 127. The molecule has 4 nitrogen and oxygen atoms in total. The van der Waals surface area contributed by atoms with Crippen molar-refractivity contribution in [3.63, 3.8) is 0 Å². The molecule has 0 radical (unpaired) electrons. The SMILES string of the molecule is C[C@H](Nc1ccc(I)cc1)C(=O)Nc1ccc(Cl)cn1. The molecule has 0 fully saturated rings. The first-order valence-corrected chi connectivity index (χ1v) is 7.45. The molecular formula is C14H13ClIN3O. The molecule has 0 saturated carbocycles. The van der Waals surface area contributed by atoms with Gasteiger partial charge in [-0.15, -0.1) is 0 Å². The van der Waals surface area contributed by atoms with Crippen LogP contribution in [0.15, 0.2) is 42.6 Å². The van der Waals surface area contributed by atoms with Crippen molar-refractivity contribution in [2.24, 2.45) is 0 Å². The predicted molar refractivity (Wildman–Crippen MR) is 90.1 cm³/mol. The number of carbonyl (C=O) groups excluding carboxylic acids is 1. The third kappa shape index (κ3) is 4.35. The number of rotatable bonds is 4. The lowest BCUT2D eigenvalue weighted by atomic mass is 10.2. The minimum absolute atomic E-state index is 0.154. The van der Waals surface area contributed by atoms with Gasteiger partial charge in [0, 0.05) is 15.5 Å². The molecule has 0 spiro atoms. The molecule has 6 heteroatoms. The minimum Gasteiger partial charge on any atom is -0.374 e. The molecule has 20 heavy (non-hydrogen) atoms. The Morgan fingerprint density at radius 1 is 1.25 bits per heavy atom. The van der Waals surface area contributed by atoms with E-state index in [1.54, 1.807) is 19.1 Å². The van der Waals surface area contributed by atoms with E-state index in [4.69, 9.17) is 11.6 Å². The first kappa shape index (κ1) is 15.1. The molecule has 1 atom stereocenters. The third-order valence-corrected chi connectivity index (χ3v) is 3.54. The smallest absolute Gasteiger partial charge is 0.247 e. The van der Waals surface area contributed by atoms with Crippen molar-refractivity contribution in [2.45, 2.75) is 13.0 Å². The molecule has 2 aromatic rings. The Hall–Kier alpha value is -1.34. The zero-order valence-corrected chi connectivity index (χ0v) is 13.6. The van der Waals surface area contributed by atoms with E-state index < -0.39 is 0 Å². The minimum atomic E-state index is -0.368. The lowest BCUT2D eigenvalue weighted by molar-refractivity contribution is -0.116. The molecule has 0 aliphatic heterocycles. The van der Waals surface area contributed by atoms with E-state index in [0.717, 1.165) is 9.26 Å². The Bertz CT molecular complexity index is 586. The van der Waals surface area contributed by atoms with Gasteiger partial charge in [0.15, 0.2) is 0 Å². The molecule has 1 aromatic carbocycles. The van der Waals surface area contributed by atoms with Gasteiger partial charge in [-0.3, -0.25) is 4.79 Å². The maximum absolute atomic E-state index is 12.0. The van der Waals surface area contributed by atoms with Gasteiger partial charge in [-0.1, -0.05) is 11.6 Å². The molecule has 2 N–H and O–H groups in total. The summed E-state index contributed by atoms with van der Waals surface area (Å²) < 4.78 is 1.15. The maximum atomic E-state index is 12.0. The molecule has 0 aliphatic carbocycles. The van der Waals surface area contributed by atoms with Crippen molar-refractivity contribution in [1.82, 2.24) is 4.98 Å². The number of aromatic nitrogens is 1. The third-order valence-electron chi connectivity index (χ3n) is 2.60. The zero-order chi connectivity index (χ0) is 14.5. The standard InChI is InChI=1S/C14H13ClIN3O/c1-9(18-12-5-3-11(16)4-6-12)14(20)19-13-7-2-10(15)8-17-13/h2-9,18H,1H3,(H,17,19,20)/t9-/m0/s1. The van der Waals surface area contributed by atoms with Crippen molar-refractivity contribution in [2.75, 3.05) is 10.6 Å². The van der Waals surface area contributed by atoms with Gasteiger partial charge in [0.1, 0.15) is 11.9 Å². The highest BCUT2D eigenvalue weighted by Crippen LogP contribution is 2.13. The maximum Gasteiger partial charge on any atom is 0.247 e. The fraction of sp³-hybridized carbons (Fsp3) is 0.143. The summed E-state index contributed by atoms with van der Waals surface area (Å²) in [6.45, 7) is 1.79. The second-order valence-corrected chi connectivity index (χ2v) is 5.91. The zero-order valence-electron chi connectivity index (χ0n) is 10.7. The Morgan fingerprint density at radius 3 is 2.55 bits per heavy atom. The summed E-state index contributed by atoms with van der Waals surface area (Å²) in [4.78, 5) is 16.0. The first-order valence-electron chi connectivity index (χ1n) is 5.99. The van der Waals surface area contributed by atoms with E-state index in [1.807, 2.05) is 24.3 Å². The van der Waals surface area contributed by atoms with Gasteiger partial charge in [0.2, 0.25) is 5.91 Å². The number of amides is 1. The number of hydrogen-bond acceptors (Lipinski definition) is 3. The number of benzene rings is 1. The van der Waals surface area contributed by atoms with Gasteiger partial charge in [-0.05, 0) is 65.9 Å². The molecule has 2 rings (SSSR count). The Kier molecular flexibility index (Phi) is 5.19. The van der Waals surface area contributed by atoms with Crippen LogP contribution in [-0.4, -0.2) is 16.9 Å². The summed E-state index contributed by atoms with van der Waals surface area (Å²) in [5, 5.41) is 6.39. The first-order chi connectivity index (χ1) is 9.54. The quantitative estimate of drug-likeness (QED) is 0.767. The summed E-state index contributed by atoms with van der Waals surface area (Å²) in [5.74, 6) is 0.328. The monoisotopic (exact) mass is 401 g/mol. The van der Waals surface area contributed by atoms with E-state index in [9.17, 15) is 4.79 Å². The largest absolute Gasteiger partial charge is 0.374 e. The molecule has 0 saturated heterocycles. The van der Waals surface area contributed by atoms with Crippen LogP contribution in [0, 0.1) is 3.57 Å². The highest BCUT2D eigenvalue weighted by molar-refractivity contribution is 14.1.